The predicted octanol–water partition coefficient (Wildman–Crippen LogP) is 8.30. The molecule has 0 amide bonds. The van der Waals surface area contributed by atoms with Gasteiger partial charge < -0.3 is 0 Å². The minimum atomic E-state index is 0.634. The van der Waals surface area contributed by atoms with Crippen LogP contribution < -0.4 is 0 Å². The van der Waals surface area contributed by atoms with Crippen LogP contribution in [0.15, 0.2) is 22.3 Å². The molecule has 0 N–H and O–H groups in total. The van der Waals surface area contributed by atoms with Crippen LogP contribution in [0.4, 0.5) is 0 Å². The fourth-order valence-corrected chi connectivity index (χ4v) is 4.13. The van der Waals surface area contributed by atoms with Crippen LogP contribution in [-0.2, 0) is 0 Å². The third-order valence-corrected chi connectivity index (χ3v) is 5.44. The first kappa shape index (κ1) is 23.5. The lowest BCUT2D eigenvalue weighted by Gasteiger charge is -2.27. The molecule has 1 aliphatic rings. The van der Waals surface area contributed by atoms with Crippen molar-refractivity contribution in [3.8, 4) is 0 Å². The SMILES string of the molecule is CC.CC(C)C1=C(C(C)C)C(C(C)C)=C(C(C)C)CC(C(C)C)C1. The van der Waals surface area contributed by atoms with Gasteiger partial charge in [-0.1, -0.05) is 94.2 Å². The average Bonchev–Trinajstić information content (AvgIpc) is 2.66. The first-order valence-corrected chi connectivity index (χ1v) is 10.5. The summed E-state index contributed by atoms with van der Waals surface area (Å²) in [5.74, 6) is 4.17. The Morgan fingerprint density at radius 1 is 0.542 bits per heavy atom. The topological polar surface area (TPSA) is 0 Å². The fraction of sp³-hybridized carbons (Fsp3) is 0.833. The van der Waals surface area contributed by atoms with Crippen molar-refractivity contribution in [2.24, 2.45) is 35.5 Å². The van der Waals surface area contributed by atoms with Crippen molar-refractivity contribution in [3.05, 3.63) is 22.3 Å². The highest BCUT2D eigenvalue weighted by atomic mass is 14.4. The number of allylic oxidation sites excluding steroid dienone is 4. The van der Waals surface area contributed by atoms with E-state index in [1.807, 2.05) is 13.8 Å². The molecule has 0 saturated carbocycles. The second-order valence-corrected chi connectivity index (χ2v) is 8.91. The zero-order valence-corrected chi connectivity index (χ0v) is 18.9. The molecule has 0 aromatic heterocycles. The normalized spacial score (nSPS) is 17.4. The van der Waals surface area contributed by atoms with Crippen molar-refractivity contribution in [2.75, 3.05) is 0 Å². The van der Waals surface area contributed by atoms with Crippen LogP contribution in [-0.4, -0.2) is 0 Å². The second kappa shape index (κ2) is 10.5. The minimum Gasteiger partial charge on any atom is -0.0683 e. The molecular weight excluding hydrogens is 288 g/mol. The lowest BCUT2D eigenvalue weighted by atomic mass is 9.78. The molecule has 142 valence electrons. The standard InChI is InChI=1S/C22H40.C2H6/c1-13(2)18-11-19(14(3)4)21(16(7)8)22(17(9)10)20(12-18)15(5)6;1-2/h13-18H,11-12H2,1-10H3;1-2H3. The quantitative estimate of drug-likeness (QED) is 0.474. The Balaban J connectivity index is 0.00000254. The van der Waals surface area contributed by atoms with Crippen LogP contribution in [0.3, 0.4) is 0 Å². The van der Waals surface area contributed by atoms with Gasteiger partial charge >= 0.3 is 0 Å². The lowest BCUT2D eigenvalue weighted by molar-refractivity contribution is 0.361. The van der Waals surface area contributed by atoms with E-state index in [4.69, 9.17) is 0 Å². The van der Waals surface area contributed by atoms with Gasteiger partial charge in [0.2, 0.25) is 0 Å². The molecule has 0 unspecified atom stereocenters. The van der Waals surface area contributed by atoms with Gasteiger partial charge in [0.15, 0.2) is 0 Å². The summed E-state index contributed by atoms with van der Waals surface area (Å²) in [7, 11) is 0. The first-order valence-electron chi connectivity index (χ1n) is 10.5. The molecule has 0 fully saturated rings. The third-order valence-electron chi connectivity index (χ3n) is 5.44. The third kappa shape index (κ3) is 5.78. The Labute approximate surface area is 154 Å². The molecule has 0 heteroatoms. The van der Waals surface area contributed by atoms with Crippen LogP contribution in [0, 0.1) is 35.5 Å². The molecule has 0 nitrogen and oxygen atoms in total. The summed E-state index contributed by atoms with van der Waals surface area (Å²) in [6, 6.07) is 0. The number of rotatable bonds is 5. The van der Waals surface area contributed by atoms with E-state index in [9.17, 15) is 0 Å². The highest BCUT2D eigenvalue weighted by Gasteiger charge is 2.31. The molecule has 24 heavy (non-hydrogen) atoms. The Hall–Kier alpha value is -0.520. The highest BCUT2D eigenvalue weighted by molar-refractivity contribution is 5.44. The molecule has 0 radical (unpaired) electrons. The van der Waals surface area contributed by atoms with E-state index in [2.05, 4.69) is 69.2 Å². The van der Waals surface area contributed by atoms with Gasteiger partial charge in [-0.15, -0.1) is 0 Å². The summed E-state index contributed by atoms with van der Waals surface area (Å²) in [6.45, 7) is 28.0. The molecule has 0 atom stereocenters. The van der Waals surface area contributed by atoms with Gasteiger partial charge in [-0.25, -0.2) is 0 Å². The monoisotopic (exact) mass is 334 g/mol. The summed E-state index contributed by atoms with van der Waals surface area (Å²) in [5, 5.41) is 0. The number of hydrogen-bond donors (Lipinski definition) is 0. The Bertz CT molecular complexity index is 389. The Morgan fingerprint density at radius 3 is 1.00 bits per heavy atom. The minimum absolute atomic E-state index is 0.634. The summed E-state index contributed by atoms with van der Waals surface area (Å²) in [6.07, 6.45) is 2.60. The smallest absolute Gasteiger partial charge is 0.0216 e. The van der Waals surface area contributed by atoms with E-state index >= 15 is 0 Å². The maximum absolute atomic E-state index is 2.41. The van der Waals surface area contributed by atoms with Crippen molar-refractivity contribution < 1.29 is 0 Å². The molecule has 0 aromatic carbocycles. The molecule has 0 heterocycles. The van der Waals surface area contributed by atoms with Crippen LogP contribution in [0.25, 0.3) is 0 Å². The zero-order chi connectivity index (χ0) is 19.2. The van der Waals surface area contributed by atoms with Gasteiger partial charge in [0, 0.05) is 0 Å². The summed E-state index contributed by atoms with van der Waals surface area (Å²) >= 11 is 0. The van der Waals surface area contributed by atoms with E-state index in [-0.39, 0.29) is 0 Å². The summed E-state index contributed by atoms with van der Waals surface area (Å²) in [5.41, 5.74) is 6.90. The van der Waals surface area contributed by atoms with Gasteiger partial charge in [0.05, 0.1) is 0 Å². The maximum atomic E-state index is 2.41. The van der Waals surface area contributed by atoms with E-state index < -0.39 is 0 Å². The van der Waals surface area contributed by atoms with Crippen LogP contribution in [0.5, 0.6) is 0 Å². The van der Waals surface area contributed by atoms with E-state index in [0.717, 1.165) is 11.8 Å². The van der Waals surface area contributed by atoms with Crippen LogP contribution >= 0.6 is 0 Å². The first-order chi connectivity index (χ1) is 11.1. The van der Waals surface area contributed by atoms with E-state index in [1.165, 1.54) is 12.8 Å². The van der Waals surface area contributed by atoms with Gasteiger partial charge in [0.25, 0.3) is 0 Å². The van der Waals surface area contributed by atoms with Crippen LogP contribution in [0.1, 0.15) is 95.9 Å². The van der Waals surface area contributed by atoms with E-state index in [1.54, 1.807) is 22.3 Å². The Morgan fingerprint density at radius 2 is 0.833 bits per heavy atom. The molecule has 0 spiro atoms. The van der Waals surface area contributed by atoms with Crippen molar-refractivity contribution in [1.82, 2.24) is 0 Å². The Kier molecular flexibility index (Phi) is 10.2. The van der Waals surface area contributed by atoms with Crippen molar-refractivity contribution >= 4 is 0 Å². The predicted molar refractivity (Wildman–Crippen MR) is 112 cm³/mol. The van der Waals surface area contributed by atoms with Crippen molar-refractivity contribution in [2.45, 2.75) is 95.9 Å². The molecule has 0 aromatic rings. The van der Waals surface area contributed by atoms with Crippen LogP contribution in [0.2, 0.25) is 0 Å². The molecular formula is C24H46. The van der Waals surface area contributed by atoms with Gasteiger partial charge in [-0.2, -0.15) is 0 Å². The van der Waals surface area contributed by atoms with Gasteiger partial charge in [0.1, 0.15) is 0 Å². The number of hydrogen-bond acceptors (Lipinski definition) is 0. The van der Waals surface area contributed by atoms with Gasteiger partial charge in [-0.3, -0.25) is 0 Å². The molecule has 0 aliphatic heterocycles. The largest absolute Gasteiger partial charge is 0.0683 e. The van der Waals surface area contributed by atoms with Crippen molar-refractivity contribution in [1.29, 1.82) is 0 Å². The molecule has 1 aliphatic carbocycles. The van der Waals surface area contributed by atoms with E-state index in [0.29, 0.717) is 23.7 Å². The van der Waals surface area contributed by atoms with Gasteiger partial charge in [-0.05, 0) is 59.5 Å². The summed E-state index contributed by atoms with van der Waals surface area (Å²) in [4.78, 5) is 0. The van der Waals surface area contributed by atoms with Crippen molar-refractivity contribution in [3.63, 3.8) is 0 Å². The highest BCUT2D eigenvalue weighted by Crippen LogP contribution is 2.45. The molecule has 0 bridgehead atoms. The average molecular weight is 335 g/mol. The molecule has 0 saturated heterocycles. The second-order valence-electron chi connectivity index (χ2n) is 8.91. The summed E-state index contributed by atoms with van der Waals surface area (Å²) < 4.78 is 0. The lowest BCUT2D eigenvalue weighted by Crippen LogP contribution is -2.13. The zero-order valence-electron chi connectivity index (χ0n) is 18.9. The maximum Gasteiger partial charge on any atom is -0.0216 e. The molecule has 1 rings (SSSR count). The fourth-order valence-electron chi connectivity index (χ4n) is 4.13.